The van der Waals surface area contributed by atoms with Crippen LogP contribution in [0.4, 0.5) is 0 Å². The van der Waals surface area contributed by atoms with E-state index in [2.05, 4.69) is 0 Å². The maximum Gasteiger partial charge on any atom is 0.294 e. The molecule has 4 atom stereocenters. The van der Waals surface area contributed by atoms with Crippen LogP contribution < -0.4 is 0 Å². The van der Waals surface area contributed by atoms with E-state index in [4.69, 9.17) is 29.5 Å². The molecular weight excluding hydrogens is 272 g/mol. The molecule has 0 aromatic carbocycles. The molecule has 98 valence electrons. The molecule has 0 aliphatic carbocycles. The van der Waals surface area contributed by atoms with E-state index in [9.17, 15) is 16.8 Å². The van der Waals surface area contributed by atoms with E-state index in [0.29, 0.717) is 0 Å². The molecule has 0 saturated carbocycles. The second kappa shape index (κ2) is 4.89. The van der Waals surface area contributed by atoms with Crippen LogP contribution in [0.15, 0.2) is 0 Å². The van der Waals surface area contributed by atoms with Gasteiger partial charge in [0.25, 0.3) is 20.2 Å². The quantitative estimate of drug-likeness (QED) is 0.272. The third-order valence-corrected chi connectivity index (χ3v) is 3.32. The predicted octanol–water partition coefficient (Wildman–Crippen LogP) is -3.88. The molecule has 12 heteroatoms. The molecule has 16 heavy (non-hydrogen) atoms. The molecule has 0 radical (unpaired) electrons. The Morgan fingerprint density at radius 2 is 0.812 bits per heavy atom. The molecule has 0 bridgehead atoms. The van der Waals surface area contributed by atoms with Crippen molar-refractivity contribution < 1.29 is 46.4 Å². The van der Waals surface area contributed by atoms with Crippen LogP contribution in [0.5, 0.6) is 0 Å². The van der Waals surface area contributed by atoms with Gasteiger partial charge in [-0.05, 0) is 0 Å². The summed E-state index contributed by atoms with van der Waals surface area (Å²) in [6.45, 7) is 0. The van der Waals surface area contributed by atoms with E-state index in [1.807, 2.05) is 0 Å². The van der Waals surface area contributed by atoms with Gasteiger partial charge >= 0.3 is 0 Å². The molecule has 0 aromatic heterocycles. The molecule has 0 aromatic rings. The summed E-state index contributed by atoms with van der Waals surface area (Å²) in [6.07, 6.45) is -5.46. The standard InChI is InChI=1S/C4H10O10S2/c5-1(3(7)15(9,10)11)2(6)4(8)16(12,13)14/h1-8H,(H,9,10,11)(H,12,13,14). The van der Waals surface area contributed by atoms with Crippen molar-refractivity contribution in [1.82, 2.24) is 0 Å². The summed E-state index contributed by atoms with van der Waals surface area (Å²) in [4.78, 5) is 0. The third-order valence-electron chi connectivity index (χ3n) is 1.54. The summed E-state index contributed by atoms with van der Waals surface area (Å²) in [5, 5.41) is 35.2. The second-order valence-corrected chi connectivity index (χ2v) is 5.82. The molecule has 0 aliphatic heterocycles. The topological polar surface area (TPSA) is 190 Å². The number of hydrogen-bond donors (Lipinski definition) is 6. The van der Waals surface area contributed by atoms with Crippen molar-refractivity contribution >= 4 is 20.2 Å². The number of hydrogen-bond acceptors (Lipinski definition) is 8. The number of aliphatic hydroxyl groups is 4. The number of aliphatic hydroxyl groups excluding tert-OH is 4. The van der Waals surface area contributed by atoms with Gasteiger partial charge in [0.05, 0.1) is 0 Å². The summed E-state index contributed by atoms with van der Waals surface area (Å²) in [5.41, 5.74) is -5.86. The van der Waals surface area contributed by atoms with Crippen molar-refractivity contribution in [3.8, 4) is 0 Å². The molecule has 0 heterocycles. The zero-order chi connectivity index (χ0) is 13.3. The molecule has 6 N–H and O–H groups in total. The van der Waals surface area contributed by atoms with Crippen molar-refractivity contribution in [2.24, 2.45) is 0 Å². The minimum absolute atomic E-state index is 2.73. The van der Waals surface area contributed by atoms with Crippen LogP contribution in [0.2, 0.25) is 0 Å². The molecule has 0 amide bonds. The van der Waals surface area contributed by atoms with Gasteiger partial charge in [0.2, 0.25) is 10.9 Å². The maximum atomic E-state index is 10.3. The largest absolute Gasteiger partial charge is 0.386 e. The SMILES string of the molecule is O=S(=O)(O)C(O)C(O)C(O)C(O)S(=O)(=O)O. The molecule has 10 nitrogen and oxygen atoms in total. The normalized spacial score (nSPS) is 21.1. The molecule has 0 rings (SSSR count). The Morgan fingerprint density at radius 3 is 0.938 bits per heavy atom. The first-order valence-electron chi connectivity index (χ1n) is 3.54. The Bertz CT molecular complexity index is 380. The van der Waals surface area contributed by atoms with Crippen LogP contribution in [0.1, 0.15) is 0 Å². The van der Waals surface area contributed by atoms with E-state index >= 15 is 0 Å². The smallest absolute Gasteiger partial charge is 0.294 e. The predicted molar refractivity (Wildman–Crippen MR) is 47.1 cm³/mol. The van der Waals surface area contributed by atoms with E-state index in [1.54, 1.807) is 0 Å². The average Bonchev–Trinajstić information content (AvgIpc) is 2.10. The van der Waals surface area contributed by atoms with E-state index < -0.39 is 43.3 Å². The fourth-order valence-corrected chi connectivity index (χ4v) is 1.72. The fraction of sp³-hybridized carbons (Fsp3) is 1.00. The minimum atomic E-state index is -5.17. The summed E-state index contributed by atoms with van der Waals surface area (Å²) in [6, 6.07) is 0. The summed E-state index contributed by atoms with van der Waals surface area (Å²) in [7, 11) is -10.3. The molecular formula is C4H10O10S2. The van der Waals surface area contributed by atoms with Crippen LogP contribution in [-0.4, -0.2) is 69.4 Å². The highest BCUT2D eigenvalue weighted by atomic mass is 32.2. The molecule has 0 fully saturated rings. The molecule has 0 aliphatic rings. The van der Waals surface area contributed by atoms with E-state index in [1.165, 1.54) is 0 Å². The van der Waals surface area contributed by atoms with Crippen LogP contribution in [0, 0.1) is 0 Å². The van der Waals surface area contributed by atoms with Gasteiger partial charge in [0.15, 0.2) is 0 Å². The molecule has 0 saturated heterocycles. The minimum Gasteiger partial charge on any atom is -0.386 e. The first-order valence-corrected chi connectivity index (χ1v) is 6.54. The Balaban J connectivity index is 4.96. The van der Waals surface area contributed by atoms with Crippen LogP contribution in [-0.2, 0) is 20.2 Å². The summed E-state index contributed by atoms with van der Waals surface area (Å²) >= 11 is 0. The summed E-state index contributed by atoms with van der Waals surface area (Å²) in [5.74, 6) is 0. The Hall–Kier alpha value is -0.340. The maximum absolute atomic E-state index is 10.3. The van der Waals surface area contributed by atoms with Gasteiger partial charge in [-0.3, -0.25) is 9.11 Å². The van der Waals surface area contributed by atoms with Crippen molar-refractivity contribution in [2.75, 3.05) is 0 Å². The van der Waals surface area contributed by atoms with Gasteiger partial charge in [-0.25, -0.2) is 0 Å². The van der Waals surface area contributed by atoms with Gasteiger partial charge < -0.3 is 20.4 Å². The van der Waals surface area contributed by atoms with Gasteiger partial charge in [0, 0.05) is 0 Å². The molecule has 4 unspecified atom stereocenters. The van der Waals surface area contributed by atoms with Gasteiger partial charge in [-0.2, -0.15) is 16.8 Å². The highest BCUT2D eigenvalue weighted by molar-refractivity contribution is 7.86. The van der Waals surface area contributed by atoms with Crippen LogP contribution >= 0.6 is 0 Å². The Labute approximate surface area is 90.3 Å². The van der Waals surface area contributed by atoms with Gasteiger partial charge in [-0.1, -0.05) is 0 Å². The van der Waals surface area contributed by atoms with E-state index in [-0.39, 0.29) is 0 Å². The average molecular weight is 282 g/mol. The van der Waals surface area contributed by atoms with Crippen molar-refractivity contribution in [1.29, 1.82) is 0 Å². The Kier molecular flexibility index (Phi) is 4.78. The lowest BCUT2D eigenvalue weighted by atomic mass is 10.2. The lowest BCUT2D eigenvalue weighted by molar-refractivity contribution is -0.0663. The zero-order valence-corrected chi connectivity index (χ0v) is 9.08. The van der Waals surface area contributed by atoms with Crippen LogP contribution in [0.3, 0.4) is 0 Å². The van der Waals surface area contributed by atoms with E-state index in [0.717, 1.165) is 0 Å². The Morgan fingerprint density at radius 1 is 0.625 bits per heavy atom. The van der Waals surface area contributed by atoms with Crippen molar-refractivity contribution in [3.05, 3.63) is 0 Å². The lowest BCUT2D eigenvalue weighted by Crippen LogP contribution is -2.49. The fourth-order valence-electron chi connectivity index (χ4n) is 0.690. The first-order chi connectivity index (χ1) is 6.89. The van der Waals surface area contributed by atoms with Crippen molar-refractivity contribution in [2.45, 2.75) is 23.1 Å². The molecule has 0 spiro atoms. The lowest BCUT2D eigenvalue weighted by Gasteiger charge is -2.23. The monoisotopic (exact) mass is 282 g/mol. The first kappa shape index (κ1) is 15.7. The number of rotatable bonds is 5. The highest BCUT2D eigenvalue weighted by Crippen LogP contribution is 2.12. The second-order valence-electron chi connectivity index (χ2n) is 2.79. The third kappa shape index (κ3) is 3.91. The van der Waals surface area contributed by atoms with Gasteiger partial charge in [-0.15, -0.1) is 0 Å². The van der Waals surface area contributed by atoms with Crippen LogP contribution in [0.25, 0.3) is 0 Å². The highest BCUT2D eigenvalue weighted by Gasteiger charge is 2.41. The summed E-state index contributed by atoms with van der Waals surface area (Å²) < 4.78 is 57.7. The van der Waals surface area contributed by atoms with Gasteiger partial charge in [0.1, 0.15) is 12.2 Å². The zero-order valence-electron chi connectivity index (χ0n) is 7.44. The van der Waals surface area contributed by atoms with Crippen molar-refractivity contribution in [3.63, 3.8) is 0 Å².